The molecule has 12 unspecified atom stereocenters. The van der Waals surface area contributed by atoms with Gasteiger partial charge in [0.25, 0.3) is 0 Å². The molecule has 0 bridgehead atoms. The van der Waals surface area contributed by atoms with E-state index in [9.17, 15) is 20.1 Å². The maximum atomic E-state index is 13.6. The van der Waals surface area contributed by atoms with Crippen LogP contribution in [0.3, 0.4) is 0 Å². The minimum atomic E-state index is -1.26. The fourth-order valence-corrected chi connectivity index (χ4v) is 6.84. The van der Waals surface area contributed by atoms with Crippen molar-refractivity contribution in [1.29, 1.82) is 0 Å². The van der Waals surface area contributed by atoms with Crippen molar-refractivity contribution in [3.05, 3.63) is 47.3 Å². The number of rotatable bonds is 8. The zero-order chi connectivity index (χ0) is 34.2. The Kier molecular flexibility index (Phi) is 15.0. The molecule has 0 aromatic heterocycles. The van der Waals surface area contributed by atoms with E-state index in [2.05, 4.69) is 0 Å². The standard InChI is InChI=1S/C36H60O9/c1-20(2)33-25(7)28(37)19-36(43-12,45-33)27(9)32(39)26(8)34-29(41-10)15-13-14-21(3)16-23(5)31(38)24(6)17-22(4)18-30(42-11)35(40)44-34/h13-15,17-18,20,23-29,31-34,37-39H,16,19H2,1-12H3/b15-13-,21-14+,22-17+,30-18+. The maximum Gasteiger partial charge on any atom is 0.373 e. The van der Waals surface area contributed by atoms with E-state index < -0.39 is 54.1 Å². The first-order valence-electron chi connectivity index (χ1n) is 16.3. The summed E-state index contributed by atoms with van der Waals surface area (Å²) in [5.74, 6) is -3.38. The Labute approximate surface area is 271 Å². The van der Waals surface area contributed by atoms with E-state index >= 15 is 0 Å². The molecule has 12 atom stereocenters. The molecule has 2 aliphatic rings. The summed E-state index contributed by atoms with van der Waals surface area (Å²) in [7, 11) is 4.46. The third kappa shape index (κ3) is 9.75. The van der Waals surface area contributed by atoms with Crippen molar-refractivity contribution in [1.82, 2.24) is 0 Å². The minimum Gasteiger partial charge on any atom is -0.490 e. The number of carbonyl (C=O) groups excluding carboxylic acids is 1. The van der Waals surface area contributed by atoms with E-state index in [4.69, 9.17) is 23.7 Å². The van der Waals surface area contributed by atoms with Gasteiger partial charge in [0.2, 0.25) is 5.76 Å². The van der Waals surface area contributed by atoms with Crippen LogP contribution in [0.1, 0.15) is 75.2 Å². The molecule has 2 aliphatic heterocycles. The van der Waals surface area contributed by atoms with Gasteiger partial charge in [-0.25, -0.2) is 4.79 Å². The summed E-state index contributed by atoms with van der Waals surface area (Å²) in [5.41, 5.74) is 1.82. The molecule has 9 nitrogen and oxygen atoms in total. The number of hydrogen-bond donors (Lipinski definition) is 3. The van der Waals surface area contributed by atoms with Crippen LogP contribution in [0.5, 0.6) is 0 Å². The van der Waals surface area contributed by atoms with Crippen LogP contribution < -0.4 is 0 Å². The SMILES string of the molecule is CO/C1=C/C(C)=C/C(C)C(O)C(C)C/C(C)=C/C=C\C(OC)C(C(C)C(O)C(C)C2(OC)CC(O)C(C)C(C(C)C)O2)OC1=O. The maximum absolute atomic E-state index is 13.6. The second-order valence-electron chi connectivity index (χ2n) is 13.7. The molecular weight excluding hydrogens is 576 g/mol. The summed E-state index contributed by atoms with van der Waals surface area (Å²) < 4.78 is 29.9. The number of aliphatic hydroxyl groups excluding tert-OH is 3. The lowest BCUT2D eigenvalue weighted by Crippen LogP contribution is -2.60. The third-order valence-corrected chi connectivity index (χ3v) is 9.81. The van der Waals surface area contributed by atoms with E-state index in [0.717, 1.165) is 11.1 Å². The normalized spacial score (nSPS) is 40.5. The molecule has 2 rings (SSSR count). The second-order valence-corrected chi connectivity index (χ2v) is 13.7. The third-order valence-electron chi connectivity index (χ3n) is 9.81. The van der Waals surface area contributed by atoms with Gasteiger partial charge in [0.05, 0.1) is 31.5 Å². The van der Waals surface area contributed by atoms with Crippen LogP contribution in [0.15, 0.2) is 47.3 Å². The number of allylic oxidation sites excluding steroid dienone is 5. The lowest BCUT2D eigenvalue weighted by molar-refractivity contribution is -0.338. The highest BCUT2D eigenvalue weighted by atomic mass is 16.7. The average Bonchev–Trinajstić information content (AvgIpc) is 2.99. The van der Waals surface area contributed by atoms with Crippen LogP contribution in [-0.2, 0) is 28.5 Å². The summed E-state index contributed by atoms with van der Waals surface area (Å²) in [5, 5.41) is 33.8. The summed E-state index contributed by atoms with van der Waals surface area (Å²) >= 11 is 0. The van der Waals surface area contributed by atoms with Gasteiger partial charge in [-0.15, -0.1) is 0 Å². The summed E-state index contributed by atoms with van der Waals surface area (Å²) in [6.07, 6.45) is 5.75. The number of hydrogen-bond acceptors (Lipinski definition) is 9. The van der Waals surface area contributed by atoms with E-state index in [1.807, 2.05) is 73.6 Å². The van der Waals surface area contributed by atoms with Crippen molar-refractivity contribution in [2.24, 2.45) is 35.5 Å². The van der Waals surface area contributed by atoms with Gasteiger partial charge in [-0.05, 0) is 38.2 Å². The zero-order valence-corrected chi connectivity index (χ0v) is 29.5. The van der Waals surface area contributed by atoms with Crippen molar-refractivity contribution >= 4 is 5.97 Å². The molecule has 0 aliphatic carbocycles. The quantitative estimate of drug-likeness (QED) is 0.303. The van der Waals surface area contributed by atoms with Crippen LogP contribution >= 0.6 is 0 Å². The predicted octanol–water partition coefficient (Wildman–Crippen LogP) is 5.35. The number of aliphatic hydroxyl groups is 3. The lowest BCUT2D eigenvalue weighted by atomic mass is 9.76. The minimum absolute atomic E-state index is 0.00647. The highest BCUT2D eigenvalue weighted by Crippen LogP contribution is 2.43. The van der Waals surface area contributed by atoms with E-state index in [1.54, 1.807) is 19.1 Å². The van der Waals surface area contributed by atoms with Gasteiger partial charge < -0.3 is 39.0 Å². The summed E-state index contributed by atoms with van der Waals surface area (Å²) in [6.45, 7) is 17.5. The first-order chi connectivity index (χ1) is 21.0. The Balaban J connectivity index is 2.56. The number of cyclic esters (lactones) is 1. The molecule has 3 N–H and O–H groups in total. The number of ether oxygens (including phenoxy) is 5. The van der Waals surface area contributed by atoms with Gasteiger partial charge in [0.15, 0.2) is 5.79 Å². The van der Waals surface area contributed by atoms with Gasteiger partial charge in [0, 0.05) is 44.3 Å². The molecule has 0 amide bonds. The van der Waals surface area contributed by atoms with Crippen LogP contribution in [-0.4, -0.2) is 85.0 Å². The number of esters is 1. The van der Waals surface area contributed by atoms with Gasteiger partial charge >= 0.3 is 5.97 Å². The first kappa shape index (κ1) is 39.2. The Morgan fingerprint density at radius 1 is 1.02 bits per heavy atom. The second kappa shape index (κ2) is 17.2. The molecular formula is C36H60O9. The molecule has 9 heteroatoms. The topological polar surface area (TPSA) is 124 Å². The van der Waals surface area contributed by atoms with E-state index in [0.29, 0.717) is 6.42 Å². The Hall–Kier alpha value is -2.01. The van der Waals surface area contributed by atoms with Crippen molar-refractivity contribution in [3.8, 4) is 0 Å². The molecule has 258 valence electrons. The number of methoxy groups -OCH3 is 3. The summed E-state index contributed by atoms with van der Waals surface area (Å²) in [4.78, 5) is 13.6. The first-order valence-corrected chi connectivity index (χ1v) is 16.3. The fourth-order valence-electron chi connectivity index (χ4n) is 6.84. The zero-order valence-electron chi connectivity index (χ0n) is 29.5. The molecule has 2 heterocycles. The van der Waals surface area contributed by atoms with Gasteiger partial charge in [-0.2, -0.15) is 0 Å². The lowest BCUT2D eigenvalue weighted by Gasteiger charge is -2.51. The van der Waals surface area contributed by atoms with Crippen LogP contribution in [0.25, 0.3) is 0 Å². The molecule has 0 aromatic rings. The predicted molar refractivity (Wildman–Crippen MR) is 175 cm³/mol. The van der Waals surface area contributed by atoms with Gasteiger partial charge in [-0.1, -0.05) is 83.9 Å². The molecule has 0 spiro atoms. The molecule has 1 saturated heterocycles. The van der Waals surface area contributed by atoms with Crippen LogP contribution in [0, 0.1) is 35.5 Å². The summed E-state index contributed by atoms with van der Waals surface area (Å²) in [6, 6.07) is 0. The van der Waals surface area contributed by atoms with Crippen LogP contribution in [0.4, 0.5) is 0 Å². The van der Waals surface area contributed by atoms with Crippen molar-refractivity contribution < 1.29 is 43.8 Å². The van der Waals surface area contributed by atoms with Gasteiger partial charge in [-0.3, -0.25) is 0 Å². The fraction of sp³-hybridized carbons (Fsp3) is 0.750. The van der Waals surface area contributed by atoms with Crippen molar-refractivity contribution in [2.75, 3.05) is 21.3 Å². The van der Waals surface area contributed by atoms with Gasteiger partial charge in [0.1, 0.15) is 12.2 Å². The Morgan fingerprint density at radius 3 is 2.22 bits per heavy atom. The average molecular weight is 637 g/mol. The smallest absolute Gasteiger partial charge is 0.373 e. The molecule has 0 saturated carbocycles. The molecule has 0 radical (unpaired) electrons. The molecule has 45 heavy (non-hydrogen) atoms. The van der Waals surface area contributed by atoms with Crippen LogP contribution in [0.2, 0.25) is 0 Å². The highest BCUT2D eigenvalue weighted by molar-refractivity contribution is 5.87. The highest BCUT2D eigenvalue weighted by Gasteiger charge is 2.53. The van der Waals surface area contributed by atoms with Crippen molar-refractivity contribution in [2.45, 2.75) is 118 Å². The molecule has 1 fully saturated rings. The van der Waals surface area contributed by atoms with E-state index in [-0.39, 0.29) is 42.0 Å². The molecule has 0 aromatic carbocycles. The Bertz CT molecular complexity index is 1080. The monoisotopic (exact) mass is 636 g/mol. The number of carbonyl (C=O) groups is 1. The van der Waals surface area contributed by atoms with Crippen molar-refractivity contribution in [3.63, 3.8) is 0 Å². The van der Waals surface area contributed by atoms with E-state index in [1.165, 1.54) is 21.3 Å². The Morgan fingerprint density at radius 2 is 1.67 bits per heavy atom. The largest absolute Gasteiger partial charge is 0.490 e.